The number of methoxy groups -OCH3 is 1. The van der Waals surface area contributed by atoms with Gasteiger partial charge in [-0.25, -0.2) is 9.97 Å². The highest BCUT2D eigenvalue weighted by atomic mass is 16.5. The zero-order valence-corrected chi connectivity index (χ0v) is 19.0. The second-order valence-corrected chi connectivity index (χ2v) is 7.92. The molecule has 8 nitrogen and oxygen atoms in total. The van der Waals surface area contributed by atoms with E-state index in [1.165, 1.54) is 0 Å². The summed E-state index contributed by atoms with van der Waals surface area (Å²) in [4.78, 5) is 11.2. The van der Waals surface area contributed by atoms with Crippen LogP contribution in [0.3, 0.4) is 0 Å². The van der Waals surface area contributed by atoms with Gasteiger partial charge in [0, 0.05) is 69.2 Å². The number of aromatic nitrogens is 4. The maximum Gasteiger partial charge on any atom is 0.127 e. The van der Waals surface area contributed by atoms with Gasteiger partial charge in [0.2, 0.25) is 0 Å². The SMILES string of the molecule is CCc1ncc(CN2CCO[C@H](c3cc(CCOc4cccc(OC)c4)n(C)n3)C2)cn1. The van der Waals surface area contributed by atoms with Gasteiger partial charge in [-0.15, -0.1) is 0 Å². The zero-order chi connectivity index (χ0) is 22.3. The average molecular weight is 438 g/mol. The first-order chi connectivity index (χ1) is 15.6. The first-order valence-electron chi connectivity index (χ1n) is 11.1. The third-order valence-corrected chi connectivity index (χ3v) is 5.63. The van der Waals surface area contributed by atoms with E-state index in [2.05, 4.69) is 27.9 Å². The number of hydrogen-bond donors (Lipinski definition) is 0. The molecule has 32 heavy (non-hydrogen) atoms. The number of morpholine rings is 1. The lowest BCUT2D eigenvalue weighted by molar-refractivity contribution is -0.0352. The molecule has 0 N–H and O–H groups in total. The molecule has 1 atom stereocenters. The first kappa shape index (κ1) is 22.2. The molecule has 170 valence electrons. The summed E-state index contributed by atoms with van der Waals surface area (Å²) < 4.78 is 19.1. The molecule has 0 spiro atoms. The van der Waals surface area contributed by atoms with Crippen molar-refractivity contribution >= 4 is 0 Å². The van der Waals surface area contributed by atoms with Crippen LogP contribution in [0.5, 0.6) is 11.5 Å². The third kappa shape index (κ3) is 5.63. The van der Waals surface area contributed by atoms with Crippen LogP contribution in [-0.4, -0.2) is 58.1 Å². The number of benzene rings is 1. The molecule has 3 aromatic rings. The fourth-order valence-corrected chi connectivity index (χ4v) is 3.82. The normalized spacial score (nSPS) is 16.8. The van der Waals surface area contributed by atoms with Gasteiger partial charge in [-0.1, -0.05) is 13.0 Å². The van der Waals surface area contributed by atoms with Crippen LogP contribution in [0.15, 0.2) is 42.7 Å². The van der Waals surface area contributed by atoms with E-state index in [1.54, 1.807) is 7.11 Å². The molecule has 1 fully saturated rings. The monoisotopic (exact) mass is 437 g/mol. The fraction of sp³-hybridized carbons (Fsp3) is 0.458. The number of rotatable bonds is 9. The molecule has 3 heterocycles. The van der Waals surface area contributed by atoms with Crippen LogP contribution in [0, 0.1) is 0 Å². The maximum atomic E-state index is 6.04. The molecule has 0 amide bonds. The van der Waals surface area contributed by atoms with Crippen LogP contribution in [0.1, 0.15) is 35.8 Å². The Bertz CT molecular complexity index is 1010. The second-order valence-electron chi connectivity index (χ2n) is 7.92. The summed E-state index contributed by atoms with van der Waals surface area (Å²) in [6.45, 7) is 5.82. The maximum absolute atomic E-state index is 6.04. The highest BCUT2D eigenvalue weighted by Gasteiger charge is 2.25. The van der Waals surface area contributed by atoms with Crippen molar-refractivity contribution in [1.29, 1.82) is 0 Å². The summed E-state index contributed by atoms with van der Waals surface area (Å²) in [5, 5.41) is 4.72. The van der Waals surface area contributed by atoms with Gasteiger partial charge in [0.15, 0.2) is 0 Å². The Morgan fingerprint density at radius 2 is 1.97 bits per heavy atom. The van der Waals surface area contributed by atoms with Gasteiger partial charge < -0.3 is 14.2 Å². The number of hydrogen-bond acceptors (Lipinski definition) is 7. The summed E-state index contributed by atoms with van der Waals surface area (Å²) >= 11 is 0. The lowest BCUT2D eigenvalue weighted by atomic mass is 10.1. The number of nitrogens with zero attached hydrogens (tertiary/aromatic N) is 5. The molecule has 1 aliphatic heterocycles. The van der Waals surface area contributed by atoms with Gasteiger partial charge in [0.25, 0.3) is 0 Å². The van der Waals surface area contributed by atoms with Crippen LogP contribution in [-0.2, 0) is 31.2 Å². The summed E-state index contributed by atoms with van der Waals surface area (Å²) in [6, 6.07) is 9.78. The van der Waals surface area contributed by atoms with Crippen LogP contribution >= 0.6 is 0 Å². The van der Waals surface area contributed by atoms with E-state index in [0.717, 1.165) is 66.8 Å². The Kier molecular flexibility index (Phi) is 7.34. The lowest BCUT2D eigenvalue weighted by Gasteiger charge is -2.32. The van der Waals surface area contributed by atoms with Gasteiger partial charge in [0.05, 0.1) is 26.0 Å². The highest BCUT2D eigenvalue weighted by Crippen LogP contribution is 2.24. The zero-order valence-electron chi connectivity index (χ0n) is 19.0. The van der Waals surface area contributed by atoms with Crippen LogP contribution in [0.2, 0.25) is 0 Å². The third-order valence-electron chi connectivity index (χ3n) is 5.63. The number of ether oxygens (including phenoxy) is 3. The van der Waals surface area contributed by atoms with E-state index in [1.807, 2.05) is 48.4 Å². The van der Waals surface area contributed by atoms with E-state index >= 15 is 0 Å². The quantitative estimate of drug-likeness (QED) is 0.509. The van der Waals surface area contributed by atoms with Gasteiger partial charge >= 0.3 is 0 Å². The van der Waals surface area contributed by atoms with Crippen LogP contribution in [0.25, 0.3) is 0 Å². The fourth-order valence-electron chi connectivity index (χ4n) is 3.82. The summed E-state index contributed by atoms with van der Waals surface area (Å²) in [7, 11) is 3.62. The van der Waals surface area contributed by atoms with Crippen molar-refractivity contribution in [2.75, 3.05) is 33.4 Å². The molecule has 1 aliphatic rings. The predicted octanol–water partition coefficient (Wildman–Crippen LogP) is 2.98. The minimum absolute atomic E-state index is 0.0427. The van der Waals surface area contributed by atoms with E-state index in [4.69, 9.17) is 19.3 Å². The Balaban J connectivity index is 1.32. The van der Waals surface area contributed by atoms with Gasteiger partial charge in [0.1, 0.15) is 23.4 Å². The smallest absolute Gasteiger partial charge is 0.127 e. The summed E-state index contributed by atoms with van der Waals surface area (Å²) in [5.74, 6) is 2.47. The predicted molar refractivity (Wildman–Crippen MR) is 121 cm³/mol. The molecule has 0 bridgehead atoms. The molecular weight excluding hydrogens is 406 g/mol. The van der Waals surface area contributed by atoms with Crippen molar-refractivity contribution in [3.63, 3.8) is 0 Å². The Labute approximate surface area is 189 Å². The van der Waals surface area contributed by atoms with Crippen molar-refractivity contribution in [1.82, 2.24) is 24.6 Å². The molecular formula is C24H31N5O3. The van der Waals surface area contributed by atoms with Gasteiger partial charge in [-0.05, 0) is 18.2 Å². The van der Waals surface area contributed by atoms with E-state index in [0.29, 0.717) is 13.2 Å². The molecule has 0 saturated carbocycles. The molecule has 4 rings (SSSR count). The first-order valence-corrected chi connectivity index (χ1v) is 11.1. The Morgan fingerprint density at radius 1 is 1.16 bits per heavy atom. The van der Waals surface area contributed by atoms with Crippen molar-refractivity contribution < 1.29 is 14.2 Å². The largest absolute Gasteiger partial charge is 0.497 e. The van der Waals surface area contributed by atoms with Crippen molar-refractivity contribution in [3.05, 3.63) is 65.5 Å². The van der Waals surface area contributed by atoms with E-state index < -0.39 is 0 Å². The highest BCUT2D eigenvalue weighted by molar-refractivity contribution is 5.32. The molecule has 0 radical (unpaired) electrons. The van der Waals surface area contributed by atoms with Gasteiger partial charge in [-0.2, -0.15) is 5.10 Å². The van der Waals surface area contributed by atoms with Crippen molar-refractivity contribution in [3.8, 4) is 11.5 Å². The number of aryl methyl sites for hydroxylation is 2. The van der Waals surface area contributed by atoms with E-state index in [-0.39, 0.29) is 6.10 Å². The molecule has 1 aromatic carbocycles. The summed E-state index contributed by atoms with van der Waals surface area (Å²) in [6.07, 6.45) is 5.43. The van der Waals surface area contributed by atoms with Crippen molar-refractivity contribution in [2.45, 2.75) is 32.4 Å². The Morgan fingerprint density at radius 3 is 2.75 bits per heavy atom. The summed E-state index contributed by atoms with van der Waals surface area (Å²) in [5.41, 5.74) is 3.21. The molecule has 2 aromatic heterocycles. The lowest BCUT2D eigenvalue weighted by Crippen LogP contribution is -2.38. The van der Waals surface area contributed by atoms with Crippen LogP contribution in [0.4, 0.5) is 0 Å². The Hall–Kier alpha value is -2.97. The van der Waals surface area contributed by atoms with E-state index in [9.17, 15) is 0 Å². The molecule has 1 saturated heterocycles. The standard InChI is InChI=1S/C24H31N5O3/c1-4-24-25-14-18(15-26-24)16-29-9-11-32-23(17-29)22-12-19(28(2)27-22)8-10-31-21-7-5-6-20(13-21)30-3/h5-7,12-15,23H,4,8-11,16-17H2,1-3H3/t23-/m0/s1. The average Bonchev–Trinajstić information content (AvgIpc) is 3.20. The minimum Gasteiger partial charge on any atom is -0.497 e. The second kappa shape index (κ2) is 10.6. The van der Waals surface area contributed by atoms with Gasteiger partial charge in [-0.3, -0.25) is 9.58 Å². The van der Waals surface area contributed by atoms with Crippen LogP contribution < -0.4 is 9.47 Å². The molecule has 0 aliphatic carbocycles. The van der Waals surface area contributed by atoms with Crippen molar-refractivity contribution in [2.24, 2.45) is 7.05 Å². The topological polar surface area (TPSA) is 74.5 Å². The minimum atomic E-state index is -0.0427. The molecule has 0 unspecified atom stereocenters. The molecule has 8 heteroatoms.